The Labute approximate surface area is 179 Å². The Bertz CT molecular complexity index is 1300. The van der Waals surface area contributed by atoms with Crippen molar-refractivity contribution < 1.29 is 18.7 Å². The molecule has 0 atom stereocenters. The molecule has 0 N–H and O–H groups in total. The lowest BCUT2D eigenvalue weighted by molar-refractivity contribution is 0.0736. The fourth-order valence-corrected chi connectivity index (χ4v) is 3.51. The highest BCUT2D eigenvalue weighted by molar-refractivity contribution is 6.04. The molecule has 0 amide bonds. The van der Waals surface area contributed by atoms with E-state index in [0.29, 0.717) is 33.6 Å². The van der Waals surface area contributed by atoms with Crippen LogP contribution < -0.4 is 4.74 Å². The van der Waals surface area contributed by atoms with Crippen LogP contribution in [0.15, 0.2) is 47.0 Å². The number of hydrogen-bond donors (Lipinski definition) is 0. The van der Waals surface area contributed by atoms with Gasteiger partial charge >= 0.3 is 5.97 Å². The lowest BCUT2D eigenvalue weighted by Gasteiger charge is -2.10. The number of benzene rings is 1. The number of rotatable bonds is 5. The van der Waals surface area contributed by atoms with Gasteiger partial charge in [0, 0.05) is 17.2 Å². The van der Waals surface area contributed by atoms with Crippen LogP contribution in [0.4, 0.5) is 0 Å². The molecule has 0 aliphatic heterocycles. The van der Waals surface area contributed by atoms with E-state index >= 15 is 0 Å². The van der Waals surface area contributed by atoms with Gasteiger partial charge in [0.05, 0.1) is 22.8 Å². The van der Waals surface area contributed by atoms with Gasteiger partial charge in [0.25, 0.3) is 0 Å². The molecule has 1 aromatic carbocycles. The molecule has 31 heavy (non-hydrogen) atoms. The van der Waals surface area contributed by atoms with Gasteiger partial charge in [-0.3, -0.25) is 4.79 Å². The molecule has 0 aliphatic rings. The van der Waals surface area contributed by atoms with Crippen LogP contribution in [-0.2, 0) is 0 Å². The first-order chi connectivity index (χ1) is 14.7. The highest BCUT2D eigenvalue weighted by Crippen LogP contribution is 2.30. The van der Waals surface area contributed by atoms with Gasteiger partial charge in [-0.1, -0.05) is 0 Å². The number of aromatic nitrogens is 3. The monoisotopic (exact) mass is 417 g/mol. The van der Waals surface area contributed by atoms with Crippen molar-refractivity contribution in [1.29, 1.82) is 0 Å². The average Bonchev–Trinajstić information content (AvgIpc) is 3.30. The summed E-state index contributed by atoms with van der Waals surface area (Å²) in [5, 5.41) is 5.04. The molecular formula is C24H23N3O4. The van der Waals surface area contributed by atoms with Crippen molar-refractivity contribution >= 4 is 22.8 Å². The van der Waals surface area contributed by atoms with Crippen molar-refractivity contribution in [2.75, 3.05) is 0 Å². The van der Waals surface area contributed by atoms with Crippen LogP contribution in [0.1, 0.15) is 59.0 Å². The first-order valence-electron chi connectivity index (χ1n) is 10.0. The molecule has 4 aromatic rings. The predicted octanol–water partition coefficient (Wildman–Crippen LogP) is 5.31. The second-order valence-corrected chi connectivity index (χ2v) is 7.77. The molecule has 0 aliphatic carbocycles. The zero-order chi connectivity index (χ0) is 22.3. The Balaban J connectivity index is 1.81. The van der Waals surface area contributed by atoms with E-state index in [4.69, 9.17) is 14.1 Å². The van der Waals surface area contributed by atoms with Gasteiger partial charge in [0.2, 0.25) is 0 Å². The Hall–Kier alpha value is -3.74. The average molecular weight is 417 g/mol. The summed E-state index contributed by atoms with van der Waals surface area (Å²) in [6.45, 7) is 9.23. The Morgan fingerprint density at radius 2 is 1.81 bits per heavy atom. The molecule has 3 aromatic heterocycles. The first kappa shape index (κ1) is 20.5. The molecule has 3 heterocycles. The second-order valence-electron chi connectivity index (χ2n) is 7.77. The molecule has 7 heteroatoms. The minimum absolute atomic E-state index is 0.0507. The van der Waals surface area contributed by atoms with Crippen molar-refractivity contribution in [2.45, 2.75) is 40.7 Å². The summed E-state index contributed by atoms with van der Waals surface area (Å²) in [5.41, 5.74) is 2.95. The van der Waals surface area contributed by atoms with Gasteiger partial charge in [0.1, 0.15) is 17.3 Å². The fourth-order valence-electron chi connectivity index (χ4n) is 3.51. The van der Waals surface area contributed by atoms with E-state index in [0.717, 1.165) is 17.1 Å². The molecule has 4 rings (SSSR count). The van der Waals surface area contributed by atoms with Crippen LogP contribution in [-0.4, -0.2) is 26.5 Å². The molecule has 0 radical (unpaired) electrons. The smallest absolute Gasteiger partial charge is 0.344 e. The summed E-state index contributed by atoms with van der Waals surface area (Å²) in [6.07, 6.45) is 1.63. The maximum absolute atomic E-state index is 13.1. The first-order valence-corrected chi connectivity index (χ1v) is 10.0. The molecular weight excluding hydrogens is 394 g/mol. The third-order valence-corrected chi connectivity index (χ3v) is 5.06. The minimum Gasteiger partial charge on any atom is -0.466 e. The zero-order valence-electron chi connectivity index (χ0n) is 18.1. The van der Waals surface area contributed by atoms with E-state index in [1.54, 1.807) is 41.2 Å². The number of pyridine rings is 1. The summed E-state index contributed by atoms with van der Waals surface area (Å²) >= 11 is 0. The molecule has 0 fully saturated rings. The van der Waals surface area contributed by atoms with Gasteiger partial charge in [-0.15, -0.1) is 0 Å². The summed E-state index contributed by atoms with van der Waals surface area (Å²) in [4.78, 5) is 29.4. The number of Topliss-reactive ketones (excluding diaryl/α,β-unsaturated/α-hetero) is 1. The molecule has 0 saturated heterocycles. The lowest BCUT2D eigenvalue weighted by Crippen LogP contribution is -2.11. The Morgan fingerprint density at radius 3 is 2.39 bits per heavy atom. The third-order valence-electron chi connectivity index (χ3n) is 5.06. The van der Waals surface area contributed by atoms with Gasteiger partial charge < -0.3 is 9.15 Å². The van der Waals surface area contributed by atoms with Crippen LogP contribution in [0.5, 0.6) is 5.75 Å². The van der Waals surface area contributed by atoms with Crippen LogP contribution in [0.2, 0.25) is 0 Å². The minimum atomic E-state index is -0.523. The highest BCUT2D eigenvalue weighted by atomic mass is 16.5. The van der Waals surface area contributed by atoms with E-state index in [2.05, 4.69) is 5.10 Å². The number of ether oxygens (including phenoxy) is 1. The number of nitrogens with zero attached hydrogens (tertiary/aromatic N) is 3. The van der Waals surface area contributed by atoms with Crippen molar-refractivity contribution in [1.82, 2.24) is 14.8 Å². The van der Waals surface area contributed by atoms with Gasteiger partial charge in [-0.25, -0.2) is 14.5 Å². The van der Waals surface area contributed by atoms with Gasteiger partial charge in [0.15, 0.2) is 11.4 Å². The van der Waals surface area contributed by atoms with E-state index in [-0.39, 0.29) is 11.8 Å². The molecule has 0 unspecified atom stereocenters. The van der Waals surface area contributed by atoms with E-state index < -0.39 is 5.97 Å². The highest BCUT2D eigenvalue weighted by Gasteiger charge is 2.21. The molecule has 0 spiro atoms. The SMILES string of the molecule is CC(=O)c1ccc(OC(=O)c2cc(-c3cc(C)oc3C)nc3c2cnn3C(C)C)cc1. The van der Waals surface area contributed by atoms with E-state index in [1.165, 1.54) is 6.92 Å². The van der Waals surface area contributed by atoms with Crippen molar-refractivity contribution in [3.63, 3.8) is 0 Å². The number of furan rings is 1. The second kappa shape index (κ2) is 7.83. The van der Waals surface area contributed by atoms with Crippen LogP contribution >= 0.6 is 0 Å². The van der Waals surface area contributed by atoms with Crippen LogP contribution in [0, 0.1) is 13.8 Å². The molecule has 0 bridgehead atoms. The van der Waals surface area contributed by atoms with Gasteiger partial charge in [-0.05, 0) is 71.0 Å². The summed E-state index contributed by atoms with van der Waals surface area (Å²) in [5.74, 6) is 1.27. The summed E-state index contributed by atoms with van der Waals surface area (Å²) in [6, 6.07) is 10.1. The van der Waals surface area contributed by atoms with Crippen molar-refractivity contribution in [3.8, 4) is 17.0 Å². The largest absolute Gasteiger partial charge is 0.466 e. The predicted molar refractivity (Wildman–Crippen MR) is 116 cm³/mol. The van der Waals surface area contributed by atoms with Crippen molar-refractivity contribution in [3.05, 3.63) is 65.2 Å². The maximum Gasteiger partial charge on any atom is 0.344 e. The number of esters is 1. The lowest BCUT2D eigenvalue weighted by atomic mass is 10.1. The number of aryl methyl sites for hydroxylation is 2. The molecule has 7 nitrogen and oxygen atoms in total. The van der Waals surface area contributed by atoms with Crippen LogP contribution in [0.25, 0.3) is 22.3 Å². The summed E-state index contributed by atoms with van der Waals surface area (Å²) < 4.78 is 13.0. The third kappa shape index (κ3) is 3.86. The van der Waals surface area contributed by atoms with E-state index in [9.17, 15) is 9.59 Å². The zero-order valence-corrected chi connectivity index (χ0v) is 18.1. The molecule has 158 valence electrons. The number of fused-ring (bicyclic) bond motifs is 1. The number of carbonyl (C=O) groups excluding carboxylic acids is 2. The van der Waals surface area contributed by atoms with Gasteiger partial charge in [-0.2, -0.15) is 5.10 Å². The molecule has 0 saturated carbocycles. The normalized spacial score (nSPS) is 11.3. The quantitative estimate of drug-likeness (QED) is 0.248. The summed E-state index contributed by atoms with van der Waals surface area (Å²) in [7, 11) is 0. The Kier molecular flexibility index (Phi) is 5.19. The maximum atomic E-state index is 13.1. The van der Waals surface area contributed by atoms with Crippen LogP contribution in [0.3, 0.4) is 0 Å². The fraction of sp³-hybridized carbons (Fsp3) is 0.250. The standard InChI is InChI=1S/C24H23N3O4/c1-13(2)27-23-21(12-25-27)20(11-22(26-23)19-10-14(3)30-16(19)5)24(29)31-18-8-6-17(7-9-18)15(4)28/h6-13H,1-5H3. The Morgan fingerprint density at radius 1 is 1.10 bits per heavy atom. The van der Waals surface area contributed by atoms with Crippen molar-refractivity contribution in [2.24, 2.45) is 0 Å². The topological polar surface area (TPSA) is 87.2 Å². The van der Waals surface area contributed by atoms with E-state index in [1.807, 2.05) is 33.8 Å². The number of ketones is 1. The number of hydrogen-bond acceptors (Lipinski definition) is 6. The number of carbonyl (C=O) groups is 2.